The van der Waals surface area contributed by atoms with Gasteiger partial charge in [-0.3, -0.25) is 4.79 Å². The predicted molar refractivity (Wildman–Crippen MR) is 112 cm³/mol. The summed E-state index contributed by atoms with van der Waals surface area (Å²) in [7, 11) is 0. The van der Waals surface area contributed by atoms with Crippen LogP contribution in [0.5, 0.6) is 0 Å². The molecule has 0 radical (unpaired) electrons. The smallest absolute Gasteiger partial charge is 0.261 e. The lowest BCUT2D eigenvalue weighted by molar-refractivity contribution is 0.253. The summed E-state index contributed by atoms with van der Waals surface area (Å²) in [5.41, 5.74) is 3.92. The third kappa shape index (κ3) is 2.85. The average Bonchev–Trinajstić information content (AvgIpc) is 3.06. The van der Waals surface area contributed by atoms with Crippen LogP contribution in [0.15, 0.2) is 47.5 Å². The van der Waals surface area contributed by atoms with E-state index in [2.05, 4.69) is 17.0 Å². The van der Waals surface area contributed by atoms with E-state index in [0.29, 0.717) is 17.0 Å². The van der Waals surface area contributed by atoms with E-state index in [1.807, 2.05) is 23.8 Å². The first kappa shape index (κ1) is 18.0. The first-order valence-corrected chi connectivity index (χ1v) is 10.2. The van der Waals surface area contributed by atoms with E-state index < -0.39 is 0 Å². The maximum atomic E-state index is 13.3. The minimum Gasteiger partial charge on any atom is -0.312 e. The van der Waals surface area contributed by atoms with E-state index in [0.717, 1.165) is 41.6 Å². The standard InChI is InChI=1S/C23H23FN4O/c1-14-5-3-4-6-19(14)27-12-11-20-18(23(27)29)13-25-22-21(15(2)26-28(20)22)16-7-9-17(24)10-8-16/h7-14,19H,3-6H2,1-2H3/t14-,19-/m0/s1. The highest BCUT2D eigenvalue weighted by Crippen LogP contribution is 2.33. The summed E-state index contributed by atoms with van der Waals surface area (Å²) in [6.07, 6.45) is 8.16. The second kappa shape index (κ2) is 6.79. The van der Waals surface area contributed by atoms with Crippen molar-refractivity contribution in [1.82, 2.24) is 19.2 Å². The number of halogens is 1. The van der Waals surface area contributed by atoms with Crippen LogP contribution in [-0.2, 0) is 0 Å². The van der Waals surface area contributed by atoms with Crippen molar-refractivity contribution in [3.63, 3.8) is 0 Å². The number of nitrogens with zero attached hydrogens (tertiary/aromatic N) is 4. The van der Waals surface area contributed by atoms with Crippen LogP contribution in [0.4, 0.5) is 4.39 Å². The lowest BCUT2D eigenvalue weighted by atomic mass is 9.85. The van der Waals surface area contributed by atoms with Gasteiger partial charge in [-0.25, -0.2) is 13.9 Å². The SMILES string of the molecule is Cc1nn2c(ncc3c(=O)n([C@H]4CCCC[C@@H]4C)ccc32)c1-c1ccc(F)cc1. The van der Waals surface area contributed by atoms with E-state index in [-0.39, 0.29) is 17.4 Å². The molecule has 1 saturated carbocycles. The van der Waals surface area contributed by atoms with Crippen molar-refractivity contribution in [3.05, 3.63) is 64.6 Å². The second-order valence-corrected chi connectivity index (χ2v) is 8.12. The zero-order valence-corrected chi connectivity index (χ0v) is 16.6. The monoisotopic (exact) mass is 390 g/mol. The molecule has 1 aromatic carbocycles. The van der Waals surface area contributed by atoms with Gasteiger partial charge in [0, 0.05) is 24.0 Å². The molecule has 1 aliphatic rings. The van der Waals surface area contributed by atoms with Crippen LogP contribution in [0.3, 0.4) is 0 Å². The number of hydrogen-bond acceptors (Lipinski definition) is 3. The highest BCUT2D eigenvalue weighted by Gasteiger charge is 2.24. The third-order valence-corrected chi connectivity index (χ3v) is 6.27. The summed E-state index contributed by atoms with van der Waals surface area (Å²) >= 11 is 0. The molecule has 1 fully saturated rings. The Morgan fingerprint density at radius 1 is 1.10 bits per heavy atom. The molecule has 0 unspecified atom stereocenters. The molecule has 1 aliphatic carbocycles. The van der Waals surface area contributed by atoms with Gasteiger partial charge in [-0.1, -0.05) is 31.9 Å². The van der Waals surface area contributed by atoms with Crippen molar-refractivity contribution in [2.45, 2.75) is 45.6 Å². The summed E-state index contributed by atoms with van der Waals surface area (Å²) in [5, 5.41) is 5.23. The number of fused-ring (bicyclic) bond motifs is 3. The number of benzene rings is 1. The molecule has 3 aromatic heterocycles. The Bertz CT molecular complexity index is 1270. The minimum absolute atomic E-state index is 0.00728. The lowest BCUT2D eigenvalue weighted by Crippen LogP contribution is -2.30. The van der Waals surface area contributed by atoms with Crippen molar-refractivity contribution in [3.8, 4) is 11.1 Å². The van der Waals surface area contributed by atoms with E-state index in [4.69, 9.17) is 0 Å². The summed E-state index contributed by atoms with van der Waals surface area (Å²) in [5.74, 6) is 0.214. The molecule has 4 aromatic rings. The largest absolute Gasteiger partial charge is 0.312 e. The van der Waals surface area contributed by atoms with Crippen molar-refractivity contribution in [1.29, 1.82) is 0 Å². The van der Waals surface area contributed by atoms with Gasteiger partial charge in [0.15, 0.2) is 5.65 Å². The van der Waals surface area contributed by atoms with E-state index in [1.165, 1.54) is 18.6 Å². The van der Waals surface area contributed by atoms with Crippen LogP contribution in [0.1, 0.15) is 44.3 Å². The Hall–Kier alpha value is -3.02. The highest BCUT2D eigenvalue weighted by atomic mass is 19.1. The van der Waals surface area contributed by atoms with E-state index >= 15 is 0 Å². The zero-order chi connectivity index (χ0) is 20.1. The topological polar surface area (TPSA) is 52.2 Å². The molecule has 5 rings (SSSR count). The molecule has 6 heteroatoms. The number of hydrogen-bond donors (Lipinski definition) is 0. The van der Waals surface area contributed by atoms with Crippen LogP contribution in [0.2, 0.25) is 0 Å². The summed E-state index contributed by atoms with van der Waals surface area (Å²) in [6, 6.07) is 8.53. The highest BCUT2D eigenvalue weighted by molar-refractivity contribution is 5.86. The molecule has 0 bridgehead atoms. The van der Waals surface area contributed by atoms with E-state index in [1.54, 1.807) is 22.8 Å². The van der Waals surface area contributed by atoms with Gasteiger partial charge < -0.3 is 4.57 Å². The zero-order valence-electron chi connectivity index (χ0n) is 16.6. The molecule has 29 heavy (non-hydrogen) atoms. The van der Waals surface area contributed by atoms with Gasteiger partial charge in [0.25, 0.3) is 5.56 Å². The Morgan fingerprint density at radius 3 is 2.62 bits per heavy atom. The Morgan fingerprint density at radius 2 is 1.86 bits per heavy atom. The molecule has 2 atom stereocenters. The molecular weight excluding hydrogens is 367 g/mol. The fourth-order valence-corrected chi connectivity index (χ4v) is 4.72. The lowest BCUT2D eigenvalue weighted by Gasteiger charge is -2.30. The molecule has 0 spiro atoms. The second-order valence-electron chi connectivity index (χ2n) is 8.12. The molecule has 148 valence electrons. The van der Waals surface area contributed by atoms with Gasteiger partial charge in [0.2, 0.25) is 0 Å². The van der Waals surface area contributed by atoms with Crippen molar-refractivity contribution >= 4 is 16.6 Å². The normalized spacial score (nSPS) is 19.8. The van der Waals surface area contributed by atoms with Gasteiger partial charge in [-0.2, -0.15) is 5.10 Å². The van der Waals surface area contributed by atoms with Gasteiger partial charge in [-0.15, -0.1) is 0 Å². The fraction of sp³-hybridized carbons (Fsp3) is 0.348. The van der Waals surface area contributed by atoms with Crippen molar-refractivity contribution in [2.24, 2.45) is 5.92 Å². The number of aryl methyl sites for hydroxylation is 1. The van der Waals surface area contributed by atoms with Gasteiger partial charge in [-0.05, 0) is 49.4 Å². The molecular formula is C23H23FN4O. The molecule has 5 nitrogen and oxygen atoms in total. The Balaban J connectivity index is 1.70. The first-order chi connectivity index (χ1) is 14.0. The number of pyridine rings is 1. The first-order valence-electron chi connectivity index (χ1n) is 10.2. The van der Waals surface area contributed by atoms with Crippen LogP contribution in [0, 0.1) is 18.7 Å². The molecule has 0 N–H and O–H groups in total. The van der Waals surface area contributed by atoms with Crippen molar-refractivity contribution < 1.29 is 4.39 Å². The Kier molecular flexibility index (Phi) is 4.23. The fourth-order valence-electron chi connectivity index (χ4n) is 4.72. The van der Waals surface area contributed by atoms with E-state index in [9.17, 15) is 9.18 Å². The van der Waals surface area contributed by atoms with Gasteiger partial charge in [0.1, 0.15) is 5.82 Å². The predicted octanol–water partition coefficient (Wildman–Crippen LogP) is 4.91. The molecule has 3 heterocycles. The molecule has 0 aliphatic heterocycles. The maximum absolute atomic E-state index is 13.3. The third-order valence-electron chi connectivity index (χ3n) is 6.27. The van der Waals surface area contributed by atoms with Crippen LogP contribution in [-0.4, -0.2) is 19.2 Å². The maximum Gasteiger partial charge on any atom is 0.261 e. The van der Waals surface area contributed by atoms with Crippen LogP contribution in [0.25, 0.3) is 27.7 Å². The van der Waals surface area contributed by atoms with Crippen LogP contribution < -0.4 is 5.56 Å². The summed E-state index contributed by atoms with van der Waals surface area (Å²) in [6.45, 7) is 4.14. The average molecular weight is 390 g/mol. The van der Waals surface area contributed by atoms with Gasteiger partial charge in [0.05, 0.1) is 16.6 Å². The number of rotatable bonds is 2. The quantitative estimate of drug-likeness (QED) is 0.489. The van der Waals surface area contributed by atoms with Crippen molar-refractivity contribution in [2.75, 3.05) is 0 Å². The molecule has 0 amide bonds. The number of aromatic nitrogens is 4. The van der Waals surface area contributed by atoms with Gasteiger partial charge >= 0.3 is 0 Å². The minimum atomic E-state index is -0.279. The van der Waals surface area contributed by atoms with Crippen LogP contribution >= 0.6 is 0 Å². The summed E-state index contributed by atoms with van der Waals surface area (Å²) in [4.78, 5) is 17.8. The Labute approximate surface area is 167 Å². The summed E-state index contributed by atoms with van der Waals surface area (Å²) < 4.78 is 17.0. The molecule has 0 saturated heterocycles.